The summed E-state index contributed by atoms with van der Waals surface area (Å²) in [6.45, 7) is 1.88. The van der Waals surface area contributed by atoms with Crippen molar-refractivity contribution in [3.63, 3.8) is 0 Å². The van der Waals surface area contributed by atoms with Crippen LogP contribution in [-0.2, 0) is 4.74 Å². The van der Waals surface area contributed by atoms with Crippen molar-refractivity contribution in [3.05, 3.63) is 0 Å². The summed E-state index contributed by atoms with van der Waals surface area (Å²) in [5, 5.41) is 0. The molecule has 0 aromatic heterocycles. The summed E-state index contributed by atoms with van der Waals surface area (Å²) in [6.07, 6.45) is 2.34. The molecule has 3 fully saturated rings. The quantitative estimate of drug-likeness (QED) is 0.862. The molecule has 2 N–H and O–H groups in total. The van der Waals surface area contributed by atoms with Gasteiger partial charge in [0.1, 0.15) is 5.67 Å². The second-order valence-corrected chi connectivity index (χ2v) is 6.65. The third-order valence-corrected chi connectivity index (χ3v) is 4.78. The van der Waals surface area contributed by atoms with Crippen LogP contribution in [-0.4, -0.2) is 54.4 Å². The molecule has 1 heterocycles. The molecule has 3 atom stereocenters. The zero-order valence-electron chi connectivity index (χ0n) is 11.7. The molecule has 1 aliphatic heterocycles. The van der Waals surface area contributed by atoms with Crippen molar-refractivity contribution in [2.45, 2.75) is 68.4 Å². The molecule has 0 spiro atoms. The number of nitrogens with two attached hydrogens (primary N) is 1. The SMILES string of the molecule is N[C@@H]1[C@@H](O[C@H]2CCN(CC3(F)CC3)C2)CCCC1(F)F. The van der Waals surface area contributed by atoms with Crippen LogP contribution in [0.4, 0.5) is 13.2 Å². The number of rotatable bonds is 4. The first-order chi connectivity index (χ1) is 9.38. The van der Waals surface area contributed by atoms with Gasteiger partial charge in [0.15, 0.2) is 0 Å². The van der Waals surface area contributed by atoms with E-state index in [9.17, 15) is 13.2 Å². The van der Waals surface area contributed by atoms with Gasteiger partial charge in [-0.05, 0) is 32.1 Å². The highest BCUT2D eigenvalue weighted by atomic mass is 19.3. The normalized spacial score (nSPS) is 39.9. The maximum absolute atomic E-state index is 13.7. The zero-order valence-corrected chi connectivity index (χ0v) is 11.7. The zero-order chi connectivity index (χ0) is 14.4. The molecule has 116 valence electrons. The minimum Gasteiger partial charge on any atom is -0.372 e. The number of halogens is 3. The highest BCUT2D eigenvalue weighted by molar-refractivity contribution is 4.98. The monoisotopic (exact) mass is 292 g/mol. The molecule has 6 heteroatoms. The molecule has 20 heavy (non-hydrogen) atoms. The predicted molar refractivity (Wildman–Crippen MR) is 69.6 cm³/mol. The largest absolute Gasteiger partial charge is 0.372 e. The second-order valence-electron chi connectivity index (χ2n) is 6.65. The van der Waals surface area contributed by atoms with Crippen LogP contribution in [0.15, 0.2) is 0 Å². The summed E-state index contributed by atoms with van der Waals surface area (Å²) in [5.74, 6) is -2.82. The van der Waals surface area contributed by atoms with E-state index >= 15 is 0 Å². The third kappa shape index (κ3) is 3.12. The van der Waals surface area contributed by atoms with Gasteiger partial charge in [-0.2, -0.15) is 0 Å². The maximum Gasteiger partial charge on any atom is 0.265 e. The molecule has 3 rings (SSSR count). The standard InChI is InChI=1S/C14H23F3N2O/c15-13(5-6-13)9-19-7-3-10(8-19)20-11-2-1-4-14(16,17)12(11)18/h10-12H,1-9,18H2/t10-,11-,12+/m0/s1. The Labute approximate surface area is 117 Å². The fraction of sp³-hybridized carbons (Fsp3) is 1.00. The number of ether oxygens (including phenoxy) is 1. The van der Waals surface area contributed by atoms with Crippen molar-refractivity contribution in [1.82, 2.24) is 4.90 Å². The molecule has 3 nitrogen and oxygen atoms in total. The minimum absolute atomic E-state index is 0.0812. The van der Waals surface area contributed by atoms with Gasteiger partial charge in [-0.3, -0.25) is 4.90 Å². The molecule has 0 bridgehead atoms. The molecule has 0 amide bonds. The van der Waals surface area contributed by atoms with Gasteiger partial charge >= 0.3 is 0 Å². The van der Waals surface area contributed by atoms with Crippen LogP contribution in [0.5, 0.6) is 0 Å². The van der Waals surface area contributed by atoms with Crippen molar-refractivity contribution in [2.24, 2.45) is 5.73 Å². The van der Waals surface area contributed by atoms with E-state index < -0.39 is 23.7 Å². The van der Waals surface area contributed by atoms with E-state index in [4.69, 9.17) is 10.5 Å². The van der Waals surface area contributed by atoms with E-state index in [0.29, 0.717) is 38.8 Å². The lowest BCUT2D eigenvalue weighted by Crippen LogP contribution is -2.54. The first-order valence-corrected chi connectivity index (χ1v) is 7.58. The fourth-order valence-electron chi connectivity index (χ4n) is 3.30. The van der Waals surface area contributed by atoms with Crippen LogP contribution in [0.1, 0.15) is 38.5 Å². The number of nitrogens with zero attached hydrogens (tertiary/aromatic N) is 1. The predicted octanol–water partition coefficient (Wildman–Crippen LogP) is 2.09. The highest BCUT2D eigenvalue weighted by Crippen LogP contribution is 2.41. The molecule has 0 aromatic carbocycles. The van der Waals surface area contributed by atoms with Crippen molar-refractivity contribution in [2.75, 3.05) is 19.6 Å². The van der Waals surface area contributed by atoms with Crippen LogP contribution in [0.3, 0.4) is 0 Å². The lowest BCUT2D eigenvalue weighted by molar-refractivity contribution is -0.130. The summed E-state index contributed by atoms with van der Waals surface area (Å²) in [7, 11) is 0. The average Bonchev–Trinajstić information content (AvgIpc) is 2.93. The lowest BCUT2D eigenvalue weighted by Gasteiger charge is -2.36. The van der Waals surface area contributed by atoms with Crippen LogP contribution in [0, 0.1) is 0 Å². The van der Waals surface area contributed by atoms with Crippen molar-refractivity contribution >= 4 is 0 Å². The molecule has 0 aromatic rings. The van der Waals surface area contributed by atoms with Crippen molar-refractivity contribution in [3.8, 4) is 0 Å². The summed E-state index contributed by atoms with van der Waals surface area (Å²) in [6, 6.07) is -1.21. The smallest absolute Gasteiger partial charge is 0.265 e. The van der Waals surface area contributed by atoms with E-state index in [0.717, 1.165) is 13.0 Å². The molecular formula is C14H23F3N2O. The topological polar surface area (TPSA) is 38.5 Å². The molecular weight excluding hydrogens is 269 g/mol. The molecule has 1 saturated heterocycles. The maximum atomic E-state index is 13.7. The Morgan fingerprint density at radius 1 is 1.15 bits per heavy atom. The highest BCUT2D eigenvalue weighted by Gasteiger charge is 2.48. The van der Waals surface area contributed by atoms with Gasteiger partial charge in [-0.15, -0.1) is 0 Å². The summed E-state index contributed by atoms with van der Waals surface area (Å²) in [5.41, 5.74) is 4.64. The van der Waals surface area contributed by atoms with Gasteiger partial charge in [-0.1, -0.05) is 0 Å². The third-order valence-electron chi connectivity index (χ3n) is 4.78. The Morgan fingerprint density at radius 3 is 2.60 bits per heavy atom. The Morgan fingerprint density at radius 2 is 1.90 bits per heavy atom. The Balaban J connectivity index is 1.49. The Kier molecular flexibility index (Phi) is 3.75. The fourth-order valence-corrected chi connectivity index (χ4v) is 3.30. The van der Waals surface area contributed by atoms with Gasteiger partial charge in [0, 0.05) is 26.1 Å². The van der Waals surface area contributed by atoms with Gasteiger partial charge in [0.25, 0.3) is 5.92 Å². The number of alkyl halides is 3. The Bertz CT molecular complexity index is 362. The Hall–Kier alpha value is -0.330. The summed E-state index contributed by atoms with van der Waals surface area (Å²) in [4.78, 5) is 2.05. The molecule has 2 saturated carbocycles. The van der Waals surface area contributed by atoms with Crippen molar-refractivity contribution < 1.29 is 17.9 Å². The lowest BCUT2D eigenvalue weighted by atomic mass is 9.89. The molecule has 3 aliphatic rings. The van der Waals surface area contributed by atoms with E-state index in [1.165, 1.54) is 0 Å². The van der Waals surface area contributed by atoms with Gasteiger partial charge in [0.05, 0.1) is 18.2 Å². The van der Waals surface area contributed by atoms with Gasteiger partial charge < -0.3 is 10.5 Å². The molecule has 2 aliphatic carbocycles. The minimum atomic E-state index is -2.82. The van der Waals surface area contributed by atoms with Crippen LogP contribution in [0.2, 0.25) is 0 Å². The van der Waals surface area contributed by atoms with E-state index in [-0.39, 0.29) is 12.5 Å². The van der Waals surface area contributed by atoms with Crippen LogP contribution in [0.25, 0.3) is 0 Å². The van der Waals surface area contributed by atoms with Crippen LogP contribution < -0.4 is 5.73 Å². The van der Waals surface area contributed by atoms with E-state index in [1.54, 1.807) is 0 Å². The molecule has 0 radical (unpaired) electrons. The van der Waals surface area contributed by atoms with E-state index in [1.807, 2.05) is 4.90 Å². The number of hydrogen-bond donors (Lipinski definition) is 1. The first kappa shape index (κ1) is 14.6. The van der Waals surface area contributed by atoms with Crippen molar-refractivity contribution in [1.29, 1.82) is 0 Å². The second kappa shape index (κ2) is 5.14. The average molecular weight is 292 g/mol. The van der Waals surface area contributed by atoms with Gasteiger partial charge in [-0.25, -0.2) is 13.2 Å². The number of hydrogen-bond acceptors (Lipinski definition) is 3. The van der Waals surface area contributed by atoms with Crippen LogP contribution >= 0.6 is 0 Å². The summed E-state index contributed by atoms with van der Waals surface area (Å²) < 4.78 is 46.6. The number of likely N-dealkylation sites (tertiary alicyclic amines) is 1. The first-order valence-electron chi connectivity index (χ1n) is 7.58. The van der Waals surface area contributed by atoms with E-state index in [2.05, 4.69) is 0 Å². The van der Waals surface area contributed by atoms with Gasteiger partial charge in [0.2, 0.25) is 0 Å². The molecule has 0 unspecified atom stereocenters. The summed E-state index contributed by atoms with van der Waals surface area (Å²) >= 11 is 0.